The average Bonchev–Trinajstić information content (AvgIpc) is 2.77. The number of carbonyl (C=O) groups is 1. The minimum absolute atomic E-state index is 0.199. The normalized spacial score (nSPS) is 10.2. The number of nitrogens with zero attached hydrogens (tertiary/aromatic N) is 1. The zero-order valence-electron chi connectivity index (χ0n) is 16.3. The third-order valence-corrected chi connectivity index (χ3v) is 4.57. The number of methoxy groups -OCH3 is 1. The van der Waals surface area contributed by atoms with Gasteiger partial charge >= 0.3 is 5.97 Å². The predicted molar refractivity (Wildman–Crippen MR) is 111 cm³/mol. The molecule has 3 aromatic carbocycles. The van der Waals surface area contributed by atoms with Crippen molar-refractivity contribution >= 4 is 11.7 Å². The highest BCUT2D eigenvalue weighted by Gasteiger charge is 2.11. The molecule has 0 unspecified atom stereocenters. The number of ether oxygens (including phenoxy) is 2. The van der Waals surface area contributed by atoms with Crippen LogP contribution in [-0.4, -0.2) is 18.2 Å². The van der Waals surface area contributed by atoms with Crippen LogP contribution < -0.4 is 4.74 Å². The summed E-state index contributed by atoms with van der Waals surface area (Å²) in [6.45, 7) is 9.39. The Balaban J connectivity index is 1.92. The second-order valence-corrected chi connectivity index (χ2v) is 6.51. The maximum absolute atomic E-state index is 12.1. The Bertz CT molecular complexity index is 1080. The van der Waals surface area contributed by atoms with E-state index in [4.69, 9.17) is 16.0 Å². The van der Waals surface area contributed by atoms with Crippen molar-refractivity contribution in [1.29, 1.82) is 0 Å². The Kier molecular flexibility index (Phi) is 6.16. The molecule has 29 heavy (non-hydrogen) atoms. The van der Waals surface area contributed by atoms with Crippen LogP contribution in [0.15, 0.2) is 60.7 Å². The summed E-state index contributed by atoms with van der Waals surface area (Å²) in [5.41, 5.74) is 4.18. The van der Waals surface area contributed by atoms with Crippen molar-refractivity contribution in [2.24, 2.45) is 0 Å². The molecule has 5 heteroatoms. The maximum Gasteiger partial charge on any atom is 0.337 e. The molecule has 0 radical (unpaired) electrons. The van der Waals surface area contributed by atoms with Crippen LogP contribution in [0.4, 0.5) is 5.69 Å². The second kappa shape index (κ2) is 8.94. The predicted octanol–water partition coefficient (Wildman–Crippen LogP) is 5.54. The topological polar surface area (TPSA) is 60.1 Å². The van der Waals surface area contributed by atoms with E-state index in [1.165, 1.54) is 7.11 Å². The summed E-state index contributed by atoms with van der Waals surface area (Å²) in [5, 5.41) is 10.0. The molecule has 1 N–H and O–H groups in total. The Morgan fingerprint density at radius 2 is 1.90 bits per heavy atom. The summed E-state index contributed by atoms with van der Waals surface area (Å²) < 4.78 is 10.7. The summed E-state index contributed by atoms with van der Waals surface area (Å²) >= 11 is 0. The minimum atomic E-state index is -0.445. The smallest absolute Gasteiger partial charge is 0.337 e. The molecule has 0 heterocycles. The summed E-state index contributed by atoms with van der Waals surface area (Å²) in [6.07, 6.45) is 0.736. The zero-order chi connectivity index (χ0) is 20.8. The summed E-state index contributed by atoms with van der Waals surface area (Å²) in [6, 6.07) is 17.8. The van der Waals surface area contributed by atoms with Crippen LogP contribution in [0.2, 0.25) is 0 Å². The fourth-order valence-electron chi connectivity index (χ4n) is 3.03. The molecule has 0 saturated carbocycles. The number of benzene rings is 3. The van der Waals surface area contributed by atoms with Gasteiger partial charge in [0.1, 0.15) is 18.1 Å². The highest BCUT2D eigenvalue weighted by molar-refractivity contribution is 5.91. The van der Waals surface area contributed by atoms with Crippen LogP contribution in [0.25, 0.3) is 16.0 Å². The largest absolute Gasteiger partial charge is 0.508 e. The van der Waals surface area contributed by atoms with Gasteiger partial charge in [-0.25, -0.2) is 9.64 Å². The van der Waals surface area contributed by atoms with Crippen LogP contribution in [-0.2, 0) is 17.8 Å². The first kappa shape index (κ1) is 20.0. The van der Waals surface area contributed by atoms with Crippen molar-refractivity contribution in [3.8, 4) is 22.6 Å². The van der Waals surface area contributed by atoms with Crippen molar-refractivity contribution < 1.29 is 19.4 Å². The first-order valence-electron chi connectivity index (χ1n) is 9.19. The number of aryl methyl sites for hydroxylation is 1. The van der Waals surface area contributed by atoms with Gasteiger partial charge in [0, 0.05) is 6.07 Å². The average molecular weight is 387 g/mol. The number of hydrogen-bond donors (Lipinski definition) is 1. The first-order valence-corrected chi connectivity index (χ1v) is 9.19. The van der Waals surface area contributed by atoms with Gasteiger partial charge in [0.25, 0.3) is 0 Å². The molecule has 0 aliphatic rings. The quantitative estimate of drug-likeness (QED) is 0.446. The summed E-state index contributed by atoms with van der Waals surface area (Å²) in [4.78, 5) is 15.6. The van der Waals surface area contributed by atoms with E-state index < -0.39 is 5.97 Å². The Morgan fingerprint density at radius 1 is 1.07 bits per heavy atom. The minimum Gasteiger partial charge on any atom is -0.508 e. The SMILES string of the molecule is [C-]#[N+]c1cccc(-c2cc(COc3ccc(CC)c(O)c3)cc(C(=O)OC)c2)c1. The van der Waals surface area contributed by atoms with Gasteiger partial charge in [-0.3, -0.25) is 0 Å². The van der Waals surface area contributed by atoms with Crippen LogP contribution >= 0.6 is 0 Å². The van der Waals surface area contributed by atoms with E-state index in [2.05, 4.69) is 4.85 Å². The molecule has 0 spiro atoms. The molecule has 0 aliphatic heterocycles. The third-order valence-electron chi connectivity index (χ3n) is 4.57. The Morgan fingerprint density at radius 3 is 2.59 bits per heavy atom. The number of rotatable bonds is 6. The molecule has 3 aromatic rings. The van der Waals surface area contributed by atoms with Gasteiger partial charge in [0.2, 0.25) is 0 Å². The van der Waals surface area contributed by atoms with Gasteiger partial charge < -0.3 is 14.6 Å². The third kappa shape index (κ3) is 4.74. The monoisotopic (exact) mass is 387 g/mol. The number of aromatic hydroxyl groups is 1. The first-order chi connectivity index (χ1) is 14.0. The lowest BCUT2D eigenvalue weighted by Gasteiger charge is -2.12. The molecule has 0 fully saturated rings. The lowest BCUT2D eigenvalue weighted by molar-refractivity contribution is 0.0600. The van der Waals surface area contributed by atoms with Crippen LogP contribution in [0.5, 0.6) is 11.5 Å². The van der Waals surface area contributed by atoms with Crippen molar-refractivity contribution in [3.05, 3.63) is 88.8 Å². The summed E-state index contributed by atoms with van der Waals surface area (Å²) in [5.74, 6) is 0.295. The molecule has 0 bridgehead atoms. The molecule has 0 amide bonds. The van der Waals surface area contributed by atoms with Gasteiger partial charge in [-0.05, 0) is 59.0 Å². The van der Waals surface area contributed by atoms with E-state index in [1.54, 1.807) is 30.3 Å². The molecule has 0 saturated heterocycles. The fraction of sp³-hybridized carbons (Fsp3) is 0.167. The molecular formula is C24H21NO4. The van der Waals surface area contributed by atoms with Gasteiger partial charge in [0.15, 0.2) is 5.69 Å². The van der Waals surface area contributed by atoms with E-state index in [0.717, 1.165) is 28.7 Å². The maximum atomic E-state index is 12.1. The van der Waals surface area contributed by atoms with E-state index in [0.29, 0.717) is 17.0 Å². The Hall–Kier alpha value is -3.78. The van der Waals surface area contributed by atoms with Crippen molar-refractivity contribution in [1.82, 2.24) is 0 Å². The zero-order valence-corrected chi connectivity index (χ0v) is 16.3. The Labute approximate surface area is 170 Å². The highest BCUT2D eigenvalue weighted by Crippen LogP contribution is 2.28. The molecule has 0 aromatic heterocycles. The number of phenolic OH excluding ortho intramolecular Hbond substituents is 1. The van der Waals surface area contributed by atoms with Gasteiger partial charge in [0.05, 0.1) is 19.2 Å². The molecule has 0 atom stereocenters. The van der Waals surface area contributed by atoms with Gasteiger partial charge in [-0.2, -0.15) is 0 Å². The number of carbonyl (C=O) groups excluding carboxylic acids is 1. The van der Waals surface area contributed by atoms with E-state index in [-0.39, 0.29) is 12.4 Å². The number of phenols is 1. The molecule has 0 aliphatic carbocycles. The van der Waals surface area contributed by atoms with Gasteiger partial charge in [-0.1, -0.05) is 31.2 Å². The molecular weight excluding hydrogens is 366 g/mol. The number of esters is 1. The van der Waals surface area contributed by atoms with E-state index in [9.17, 15) is 9.90 Å². The molecule has 5 nitrogen and oxygen atoms in total. The fourth-order valence-corrected chi connectivity index (χ4v) is 3.03. The van der Waals surface area contributed by atoms with Crippen molar-refractivity contribution in [2.75, 3.05) is 7.11 Å². The van der Waals surface area contributed by atoms with Crippen molar-refractivity contribution in [2.45, 2.75) is 20.0 Å². The van der Waals surface area contributed by atoms with Crippen LogP contribution in [0.3, 0.4) is 0 Å². The lowest BCUT2D eigenvalue weighted by atomic mass is 9.99. The number of hydrogen-bond acceptors (Lipinski definition) is 4. The van der Waals surface area contributed by atoms with Crippen LogP contribution in [0, 0.1) is 6.57 Å². The lowest BCUT2D eigenvalue weighted by Crippen LogP contribution is -2.04. The molecule has 3 rings (SSSR count). The van der Waals surface area contributed by atoms with E-state index in [1.807, 2.05) is 37.3 Å². The van der Waals surface area contributed by atoms with Crippen molar-refractivity contribution in [3.63, 3.8) is 0 Å². The van der Waals surface area contributed by atoms with Gasteiger partial charge in [-0.15, -0.1) is 0 Å². The summed E-state index contributed by atoms with van der Waals surface area (Å²) in [7, 11) is 1.34. The second-order valence-electron chi connectivity index (χ2n) is 6.51. The van der Waals surface area contributed by atoms with E-state index >= 15 is 0 Å². The molecule has 146 valence electrons. The highest BCUT2D eigenvalue weighted by atomic mass is 16.5. The van der Waals surface area contributed by atoms with Crippen LogP contribution in [0.1, 0.15) is 28.4 Å². The standard InChI is InChI=1S/C24H21NO4/c1-4-17-8-9-22(14-23(17)26)29-15-16-10-19(12-20(11-16)24(27)28-3)18-6-5-7-21(13-18)25-2/h5-14,26H,4,15H2,1,3H3.